The molecule has 4 aliphatic carbocycles. The van der Waals surface area contributed by atoms with Crippen molar-refractivity contribution in [3.63, 3.8) is 0 Å². The first-order valence-corrected chi connectivity index (χ1v) is 13.6. The Hall–Kier alpha value is -1.85. The Morgan fingerprint density at radius 3 is 2.40 bits per heavy atom. The second-order valence-corrected chi connectivity index (χ2v) is 12.3. The molecule has 0 saturated heterocycles. The smallest absolute Gasteiger partial charge is 0.305 e. The van der Waals surface area contributed by atoms with E-state index < -0.39 is 0 Å². The number of ether oxygens (including phenoxy) is 3. The Balaban J connectivity index is 1.61. The van der Waals surface area contributed by atoms with Gasteiger partial charge in [0, 0.05) is 26.2 Å². The summed E-state index contributed by atoms with van der Waals surface area (Å²) in [6, 6.07) is 0. The second kappa shape index (κ2) is 9.89. The van der Waals surface area contributed by atoms with Crippen LogP contribution in [0, 0.1) is 46.3 Å². The van der Waals surface area contributed by atoms with E-state index in [1.165, 1.54) is 21.0 Å². The molecular formula is C29H44O6. The van der Waals surface area contributed by atoms with Crippen molar-refractivity contribution < 1.29 is 28.6 Å². The average molecular weight is 489 g/mol. The van der Waals surface area contributed by atoms with Crippen LogP contribution in [-0.4, -0.2) is 37.2 Å². The molecule has 6 nitrogen and oxygen atoms in total. The molecule has 0 aliphatic heterocycles. The lowest BCUT2D eigenvalue weighted by Gasteiger charge is -2.60. The minimum absolute atomic E-state index is 0.0350. The maximum Gasteiger partial charge on any atom is 0.305 e. The summed E-state index contributed by atoms with van der Waals surface area (Å²) >= 11 is 0. The number of hydrogen-bond acceptors (Lipinski definition) is 6. The number of allylic oxidation sites excluding steroid dienone is 2. The Labute approximate surface area is 210 Å². The summed E-state index contributed by atoms with van der Waals surface area (Å²) in [5, 5.41) is 0. The summed E-state index contributed by atoms with van der Waals surface area (Å²) < 4.78 is 16.6. The van der Waals surface area contributed by atoms with E-state index in [1.807, 2.05) is 0 Å². The van der Waals surface area contributed by atoms with Crippen LogP contribution in [0.25, 0.3) is 0 Å². The van der Waals surface area contributed by atoms with Crippen LogP contribution >= 0.6 is 0 Å². The SMILES string of the molecule is COC(=O)CCC(C)C1CCC2C3C(OC(C)=O)CC4CC(OC(C)=O)CCC4(C)C3C=CC12C. The molecule has 10 unspecified atom stereocenters. The first-order chi connectivity index (χ1) is 16.5. The molecule has 3 saturated carbocycles. The van der Waals surface area contributed by atoms with Gasteiger partial charge in [0.2, 0.25) is 0 Å². The topological polar surface area (TPSA) is 78.9 Å². The van der Waals surface area contributed by atoms with Crippen molar-refractivity contribution in [1.82, 2.24) is 0 Å². The maximum absolute atomic E-state index is 12.2. The van der Waals surface area contributed by atoms with Gasteiger partial charge in [-0.25, -0.2) is 0 Å². The highest BCUT2D eigenvalue weighted by molar-refractivity contribution is 5.69. The first kappa shape index (κ1) is 26.2. The predicted octanol–water partition coefficient (Wildman–Crippen LogP) is 5.48. The van der Waals surface area contributed by atoms with E-state index in [4.69, 9.17) is 14.2 Å². The molecule has 0 N–H and O–H groups in total. The lowest BCUT2D eigenvalue weighted by atomic mass is 9.45. The summed E-state index contributed by atoms with van der Waals surface area (Å²) in [7, 11) is 1.45. The molecule has 0 bridgehead atoms. The minimum atomic E-state index is -0.213. The number of methoxy groups -OCH3 is 1. The largest absolute Gasteiger partial charge is 0.469 e. The van der Waals surface area contributed by atoms with E-state index in [1.54, 1.807) is 0 Å². The lowest BCUT2D eigenvalue weighted by molar-refractivity contribution is -0.178. The van der Waals surface area contributed by atoms with E-state index in [2.05, 4.69) is 32.9 Å². The molecule has 4 rings (SSSR count). The first-order valence-electron chi connectivity index (χ1n) is 13.6. The van der Waals surface area contributed by atoms with Gasteiger partial charge in [0.15, 0.2) is 0 Å². The molecule has 0 aromatic carbocycles. The van der Waals surface area contributed by atoms with Gasteiger partial charge in [0.1, 0.15) is 12.2 Å². The van der Waals surface area contributed by atoms with Crippen LogP contribution < -0.4 is 0 Å². The fraction of sp³-hybridized carbons (Fsp3) is 0.828. The highest BCUT2D eigenvalue weighted by Gasteiger charge is 2.62. The molecule has 0 aromatic rings. The molecule has 0 spiro atoms. The fourth-order valence-corrected chi connectivity index (χ4v) is 8.80. The quantitative estimate of drug-likeness (QED) is 0.280. The van der Waals surface area contributed by atoms with Gasteiger partial charge in [0.25, 0.3) is 0 Å². The molecule has 10 atom stereocenters. The van der Waals surface area contributed by atoms with Crippen LogP contribution in [0.4, 0.5) is 0 Å². The molecular weight excluding hydrogens is 444 g/mol. The highest BCUT2D eigenvalue weighted by atomic mass is 16.5. The lowest BCUT2D eigenvalue weighted by Crippen LogP contribution is -2.58. The van der Waals surface area contributed by atoms with E-state index >= 15 is 0 Å². The van der Waals surface area contributed by atoms with Gasteiger partial charge in [-0.1, -0.05) is 32.9 Å². The molecule has 0 amide bonds. The third-order valence-electron chi connectivity index (χ3n) is 10.5. The standard InChI is InChI=1S/C29H44O6/c1-17(7-10-26(32)33-6)22-8-9-23-27-24(12-14-29(22,23)5)28(4)13-11-21(34-18(2)30)15-20(28)16-25(27)35-19(3)31/h12,14,17,20-25,27H,7-11,13,15-16H2,1-6H3. The zero-order valence-electron chi connectivity index (χ0n) is 22.4. The zero-order chi connectivity index (χ0) is 25.5. The van der Waals surface area contributed by atoms with E-state index in [9.17, 15) is 14.4 Å². The van der Waals surface area contributed by atoms with Crippen molar-refractivity contribution in [3.05, 3.63) is 12.2 Å². The number of carbonyl (C=O) groups is 3. The third-order valence-corrected chi connectivity index (χ3v) is 10.5. The van der Waals surface area contributed by atoms with Gasteiger partial charge in [-0.2, -0.15) is 0 Å². The summed E-state index contributed by atoms with van der Waals surface area (Å²) in [4.78, 5) is 35.6. The molecule has 196 valence electrons. The zero-order valence-corrected chi connectivity index (χ0v) is 22.4. The fourth-order valence-electron chi connectivity index (χ4n) is 8.80. The van der Waals surface area contributed by atoms with Gasteiger partial charge in [-0.15, -0.1) is 0 Å². The van der Waals surface area contributed by atoms with Crippen molar-refractivity contribution in [3.8, 4) is 0 Å². The number of fused-ring (bicyclic) bond motifs is 5. The monoisotopic (exact) mass is 488 g/mol. The van der Waals surface area contributed by atoms with Crippen LogP contribution in [0.5, 0.6) is 0 Å². The Bertz CT molecular complexity index is 865. The summed E-state index contributed by atoms with van der Waals surface area (Å²) in [6.45, 7) is 10.1. The summed E-state index contributed by atoms with van der Waals surface area (Å²) in [5.74, 6) is 1.83. The molecule has 35 heavy (non-hydrogen) atoms. The number of carbonyl (C=O) groups excluding carboxylic acids is 3. The van der Waals surface area contributed by atoms with E-state index in [0.717, 1.165) is 44.9 Å². The van der Waals surface area contributed by atoms with E-state index in [0.29, 0.717) is 41.9 Å². The van der Waals surface area contributed by atoms with Crippen molar-refractivity contribution in [2.75, 3.05) is 7.11 Å². The summed E-state index contributed by atoms with van der Waals surface area (Å²) in [5.41, 5.74) is 0.150. The predicted molar refractivity (Wildman–Crippen MR) is 132 cm³/mol. The maximum atomic E-state index is 12.2. The number of hydrogen-bond donors (Lipinski definition) is 0. The molecule has 4 aliphatic rings. The van der Waals surface area contributed by atoms with Gasteiger partial charge in [0.05, 0.1) is 7.11 Å². The van der Waals surface area contributed by atoms with Gasteiger partial charge in [-0.3, -0.25) is 14.4 Å². The average Bonchev–Trinajstić information content (AvgIpc) is 3.14. The van der Waals surface area contributed by atoms with Crippen LogP contribution in [0.2, 0.25) is 0 Å². The molecule has 0 aromatic heterocycles. The van der Waals surface area contributed by atoms with Crippen LogP contribution in [0.15, 0.2) is 12.2 Å². The Morgan fingerprint density at radius 1 is 1.03 bits per heavy atom. The number of rotatable bonds is 6. The van der Waals surface area contributed by atoms with Crippen molar-refractivity contribution >= 4 is 17.9 Å². The second-order valence-electron chi connectivity index (χ2n) is 12.3. The van der Waals surface area contributed by atoms with Crippen LogP contribution in [-0.2, 0) is 28.6 Å². The Kier molecular flexibility index (Phi) is 7.41. The highest BCUT2D eigenvalue weighted by Crippen LogP contribution is 2.66. The van der Waals surface area contributed by atoms with E-state index in [-0.39, 0.29) is 40.9 Å². The van der Waals surface area contributed by atoms with Crippen molar-refractivity contribution in [2.24, 2.45) is 46.3 Å². The van der Waals surface area contributed by atoms with Gasteiger partial charge >= 0.3 is 17.9 Å². The number of esters is 3. The van der Waals surface area contributed by atoms with Crippen LogP contribution in [0.1, 0.15) is 86.0 Å². The van der Waals surface area contributed by atoms with Crippen molar-refractivity contribution in [1.29, 1.82) is 0 Å². The van der Waals surface area contributed by atoms with Gasteiger partial charge < -0.3 is 14.2 Å². The molecule has 6 heteroatoms. The minimum Gasteiger partial charge on any atom is -0.469 e. The summed E-state index contributed by atoms with van der Waals surface area (Å²) in [6.07, 6.45) is 12.0. The molecule has 0 heterocycles. The van der Waals surface area contributed by atoms with Crippen LogP contribution in [0.3, 0.4) is 0 Å². The van der Waals surface area contributed by atoms with Crippen molar-refractivity contribution in [2.45, 2.75) is 98.2 Å². The Morgan fingerprint density at radius 2 is 1.74 bits per heavy atom. The molecule has 3 fully saturated rings. The normalized spacial score (nSPS) is 42.7. The third kappa shape index (κ3) is 4.79. The molecule has 0 radical (unpaired) electrons. The van der Waals surface area contributed by atoms with Gasteiger partial charge in [-0.05, 0) is 85.4 Å².